The van der Waals surface area contributed by atoms with Crippen molar-refractivity contribution >= 4 is 23.4 Å². The number of amides is 2. The molecule has 27 heavy (non-hydrogen) atoms. The fraction of sp³-hybridized carbons (Fsp3) is 0.333. The molecule has 1 aliphatic rings. The Morgan fingerprint density at radius 1 is 1.04 bits per heavy atom. The van der Waals surface area contributed by atoms with Crippen LogP contribution in [0.2, 0.25) is 5.02 Å². The van der Waals surface area contributed by atoms with Gasteiger partial charge in [0.25, 0.3) is 5.91 Å². The first-order valence-corrected chi connectivity index (χ1v) is 9.54. The van der Waals surface area contributed by atoms with Crippen LogP contribution in [0.5, 0.6) is 5.75 Å². The average molecular weight is 387 g/mol. The lowest BCUT2D eigenvalue weighted by molar-refractivity contribution is -0.129. The van der Waals surface area contributed by atoms with Gasteiger partial charge in [0.15, 0.2) is 0 Å². The lowest BCUT2D eigenvalue weighted by Crippen LogP contribution is -2.32. The second kappa shape index (κ2) is 9.42. The Kier molecular flexibility index (Phi) is 6.71. The van der Waals surface area contributed by atoms with Crippen molar-refractivity contribution in [1.82, 2.24) is 10.2 Å². The van der Waals surface area contributed by atoms with Gasteiger partial charge >= 0.3 is 0 Å². The van der Waals surface area contributed by atoms with Gasteiger partial charge in [0.1, 0.15) is 12.4 Å². The Balaban J connectivity index is 1.55. The Morgan fingerprint density at radius 3 is 2.52 bits per heavy atom. The van der Waals surface area contributed by atoms with E-state index in [1.54, 1.807) is 24.3 Å². The molecule has 1 saturated heterocycles. The number of nitrogens with zero attached hydrogens (tertiary/aromatic N) is 1. The molecule has 1 fully saturated rings. The van der Waals surface area contributed by atoms with Gasteiger partial charge in [-0.05, 0) is 31.0 Å². The van der Waals surface area contributed by atoms with Crippen LogP contribution in [0.15, 0.2) is 48.5 Å². The summed E-state index contributed by atoms with van der Waals surface area (Å²) in [5, 5.41) is 3.44. The number of para-hydroxylation sites is 1. The number of hydrogen-bond donors (Lipinski definition) is 1. The number of rotatable bonds is 7. The summed E-state index contributed by atoms with van der Waals surface area (Å²) in [7, 11) is 0. The third-order valence-electron chi connectivity index (χ3n) is 4.56. The molecular weight excluding hydrogens is 364 g/mol. The molecule has 0 unspecified atom stereocenters. The highest BCUT2D eigenvalue weighted by molar-refractivity contribution is 6.31. The highest BCUT2D eigenvalue weighted by Gasteiger charge is 2.18. The molecular formula is C21H23ClN2O3. The van der Waals surface area contributed by atoms with Crippen LogP contribution < -0.4 is 10.1 Å². The Labute approximate surface area is 164 Å². The van der Waals surface area contributed by atoms with Crippen molar-refractivity contribution in [3.8, 4) is 5.75 Å². The van der Waals surface area contributed by atoms with Crippen molar-refractivity contribution in [3.05, 3.63) is 64.7 Å². The number of carbonyl (C=O) groups is 2. The van der Waals surface area contributed by atoms with Crippen molar-refractivity contribution in [2.45, 2.75) is 25.9 Å². The van der Waals surface area contributed by atoms with E-state index >= 15 is 0 Å². The topological polar surface area (TPSA) is 58.6 Å². The first-order chi connectivity index (χ1) is 13.1. The molecule has 1 N–H and O–H groups in total. The van der Waals surface area contributed by atoms with E-state index in [1.165, 1.54) is 0 Å². The third kappa shape index (κ3) is 5.23. The summed E-state index contributed by atoms with van der Waals surface area (Å²) in [4.78, 5) is 26.4. The smallest absolute Gasteiger partial charge is 0.255 e. The van der Waals surface area contributed by atoms with E-state index in [1.807, 2.05) is 29.2 Å². The van der Waals surface area contributed by atoms with E-state index in [0.717, 1.165) is 31.5 Å². The number of carbonyl (C=O) groups excluding carboxylic acids is 2. The van der Waals surface area contributed by atoms with Crippen LogP contribution in [-0.4, -0.2) is 36.3 Å². The fourth-order valence-corrected chi connectivity index (χ4v) is 3.24. The standard InChI is InChI=1S/C21H23ClN2O3/c22-18-9-3-1-7-16(18)15-27-19-10-4-2-8-17(19)21(26)23-12-11-20(25)24-13-5-6-14-24/h1-4,7-10H,5-6,11-15H2,(H,23,26). The molecule has 0 aromatic heterocycles. The lowest BCUT2D eigenvalue weighted by atomic mass is 10.2. The minimum atomic E-state index is -0.251. The number of ether oxygens (including phenoxy) is 1. The third-order valence-corrected chi connectivity index (χ3v) is 4.92. The van der Waals surface area contributed by atoms with Gasteiger partial charge in [0, 0.05) is 36.6 Å². The van der Waals surface area contributed by atoms with Gasteiger partial charge in [-0.2, -0.15) is 0 Å². The van der Waals surface area contributed by atoms with Gasteiger partial charge in [0.05, 0.1) is 5.56 Å². The Morgan fingerprint density at radius 2 is 1.74 bits per heavy atom. The van der Waals surface area contributed by atoms with Crippen LogP contribution in [0.25, 0.3) is 0 Å². The highest BCUT2D eigenvalue weighted by atomic mass is 35.5. The summed E-state index contributed by atoms with van der Waals surface area (Å²) < 4.78 is 5.81. The lowest BCUT2D eigenvalue weighted by Gasteiger charge is -2.15. The van der Waals surface area contributed by atoms with E-state index in [9.17, 15) is 9.59 Å². The first-order valence-electron chi connectivity index (χ1n) is 9.16. The van der Waals surface area contributed by atoms with Crippen molar-refractivity contribution in [1.29, 1.82) is 0 Å². The summed E-state index contributed by atoms with van der Waals surface area (Å²) >= 11 is 6.15. The zero-order chi connectivity index (χ0) is 19.1. The predicted molar refractivity (Wildman–Crippen MR) is 105 cm³/mol. The largest absolute Gasteiger partial charge is 0.488 e. The molecule has 1 heterocycles. The molecule has 0 atom stereocenters. The quantitative estimate of drug-likeness (QED) is 0.790. The molecule has 6 heteroatoms. The van der Waals surface area contributed by atoms with Crippen molar-refractivity contribution in [2.24, 2.45) is 0 Å². The van der Waals surface area contributed by atoms with Gasteiger partial charge in [-0.15, -0.1) is 0 Å². The minimum absolute atomic E-state index is 0.0936. The van der Waals surface area contributed by atoms with E-state index in [2.05, 4.69) is 5.32 Å². The Hall–Kier alpha value is -2.53. The van der Waals surface area contributed by atoms with Gasteiger partial charge < -0.3 is 15.0 Å². The second-order valence-corrected chi connectivity index (χ2v) is 6.88. The van der Waals surface area contributed by atoms with Crippen LogP contribution in [-0.2, 0) is 11.4 Å². The van der Waals surface area contributed by atoms with Gasteiger partial charge in [-0.3, -0.25) is 9.59 Å². The van der Waals surface area contributed by atoms with Crippen LogP contribution in [0.4, 0.5) is 0 Å². The number of likely N-dealkylation sites (tertiary alicyclic amines) is 1. The van der Waals surface area contributed by atoms with Crippen LogP contribution in [0.3, 0.4) is 0 Å². The zero-order valence-corrected chi connectivity index (χ0v) is 15.9. The SMILES string of the molecule is O=C(NCCC(=O)N1CCCC1)c1ccccc1OCc1ccccc1Cl. The van der Waals surface area contributed by atoms with E-state index in [-0.39, 0.29) is 18.4 Å². The van der Waals surface area contributed by atoms with Crippen LogP contribution in [0, 0.1) is 0 Å². The molecule has 0 bridgehead atoms. The molecule has 5 nitrogen and oxygen atoms in total. The average Bonchev–Trinajstić information content (AvgIpc) is 3.22. The summed E-state index contributed by atoms with van der Waals surface area (Å²) in [6.07, 6.45) is 2.44. The summed E-state index contributed by atoms with van der Waals surface area (Å²) in [6, 6.07) is 14.5. The minimum Gasteiger partial charge on any atom is -0.488 e. The summed E-state index contributed by atoms with van der Waals surface area (Å²) in [6.45, 7) is 2.24. The molecule has 0 aliphatic carbocycles. The summed E-state index contributed by atoms with van der Waals surface area (Å²) in [5.74, 6) is 0.329. The maximum Gasteiger partial charge on any atom is 0.255 e. The molecule has 0 radical (unpaired) electrons. The van der Waals surface area contributed by atoms with Crippen molar-refractivity contribution in [2.75, 3.05) is 19.6 Å². The maximum absolute atomic E-state index is 12.5. The maximum atomic E-state index is 12.5. The normalized spacial score (nSPS) is 13.4. The van der Waals surface area contributed by atoms with Gasteiger partial charge in [-0.25, -0.2) is 0 Å². The zero-order valence-electron chi connectivity index (χ0n) is 15.1. The number of hydrogen-bond acceptors (Lipinski definition) is 3. The molecule has 2 amide bonds. The molecule has 142 valence electrons. The fourth-order valence-electron chi connectivity index (χ4n) is 3.05. The number of halogens is 1. The van der Waals surface area contributed by atoms with Gasteiger partial charge in [0.2, 0.25) is 5.91 Å². The molecule has 2 aromatic rings. The van der Waals surface area contributed by atoms with Crippen molar-refractivity contribution in [3.63, 3.8) is 0 Å². The van der Waals surface area contributed by atoms with Crippen LogP contribution >= 0.6 is 11.6 Å². The van der Waals surface area contributed by atoms with Crippen LogP contribution in [0.1, 0.15) is 35.2 Å². The summed E-state index contributed by atoms with van der Waals surface area (Å²) in [5.41, 5.74) is 1.30. The monoisotopic (exact) mass is 386 g/mol. The first kappa shape index (κ1) is 19.2. The predicted octanol–water partition coefficient (Wildman–Crippen LogP) is 3.66. The van der Waals surface area contributed by atoms with E-state index < -0.39 is 0 Å². The van der Waals surface area contributed by atoms with Crippen molar-refractivity contribution < 1.29 is 14.3 Å². The second-order valence-electron chi connectivity index (χ2n) is 6.47. The molecule has 3 rings (SSSR count). The molecule has 2 aromatic carbocycles. The van der Waals surface area contributed by atoms with E-state index in [4.69, 9.17) is 16.3 Å². The number of benzene rings is 2. The highest BCUT2D eigenvalue weighted by Crippen LogP contribution is 2.22. The molecule has 0 spiro atoms. The Bertz CT molecular complexity index is 804. The molecule has 1 aliphatic heterocycles. The van der Waals surface area contributed by atoms with Gasteiger partial charge in [-0.1, -0.05) is 41.9 Å². The van der Waals surface area contributed by atoms with E-state index in [0.29, 0.717) is 29.3 Å². The number of nitrogens with one attached hydrogen (secondary N) is 1. The molecule has 0 saturated carbocycles.